The van der Waals surface area contributed by atoms with Gasteiger partial charge in [0.1, 0.15) is 0 Å². The molecule has 0 unspecified atom stereocenters. The standard InChI is InChI=1S/CH5BrNO3PS/c1-3(8-2)7(4,5)6/h1H3,(H2,4,5,6). The van der Waals surface area contributed by atoms with E-state index in [4.69, 9.17) is 9.79 Å². The maximum atomic E-state index is 10.1. The van der Waals surface area contributed by atoms with Crippen LogP contribution in [0.1, 0.15) is 0 Å². The van der Waals surface area contributed by atoms with Crippen LogP contribution in [0.3, 0.4) is 0 Å². The Balaban J connectivity index is 3.82. The third-order valence-corrected chi connectivity index (χ3v) is 4.26. The van der Waals surface area contributed by atoms with Crippen LogP contribution < -0.4 is 0 Å². The maximum absolute atomic E-state index is 10.1. The highest BCUT2D eigenvalue weighted by Gasteiger charge is 2.19. The normalized spacial score (nSPS) is 12.6. The molecule has 0 radical (unpaired) electrons. The SMILES string of the molecule is CN(SBr)P(=O)(O)O. The first-order valence-corrected chi connectivity index (χ1v) is 5.75. The minimum atomic E-state index is -4.01. The van der Waals surface area contributed by atoms with Gasteiger partial charge in [-0.15, -0.1) is 4.08 Å². The van der Waals surface area contributed by atoms with Crippen LogP contribution in [0, 0.1) is 0 Å². The van der Waals surface area contributed by atoms with Gasteiger partial charge in [-0.05, 0) is 0 Å². The van der Waals surface area contributed by atoms with Crippen LogP contribution in [0.5, 0.6) is 0 Å². The lowest BCUT2D eigenvalue weighted by Gasteiger charge is -2.11. The van der Waals surface area contributed by atoms with Gasteiger partial charge in [0.25, 0.3) is 0 Å². The van der Waals surface area contributed by atoms with Crippen LogP contribution >= 0.6 is 32.9 Å². The second kappa shape index (κ2) is 3.20. The van der Waals surface area contributed by atoms with Gasteiger partial charge in [0.15, 0.2) is 0 Å². The van der Waals surface area contributed by atoms with E-state index in [9.17, 15) is 4.57 Å². The summed E-state index contributed by atoms with van der Waals surface area (Å²) in [4.78, 5) is 16.5. The van der Waals surface area contributed by atoms with E-state index in [1.165, 1.54) is 7.05 Å². The van der Waals surface area contributed by atoms with Crippen molar-refractivity contribution in [3.63, 3.8) is 0 Å². The zero-order chi connectivity index (χ0) is 6.78. The van der Waals surface area contributed by atoms with E-state index in [1.54, 1.807) is 0 Å². The number of nitrogens with zero attached hydrogens (tertiary/aromatic N) is 1. The van der Waals surface area contributed by atoms with Crippen molar-refractivity contribution in [2.75, 3.05) is 7.05 Å². The Morgan fingerprint density at radius 3 is 2.12 bits per heavy atom. The fourth-order valence-electron chi connectivity index (χ4n) is 0.0402. The van der Waals surface area contributed by atoms with Gasteiger partial charge in [0.05, 0.1) is 0 Å². The molecule has 7 heteroatoms. The molecule has 0 aromatic rings. The van der Waals surface area contributed by atoms with E-state index >= 15 is 0 Å². The molecule has 0 aromatic carbocycles. The molecule has 0 spiro atoms. The smallest absolute Gasteiger partial charge is 0.312 e. The second-order valence-electron chi connectivity index (χ2n) is 1.05. The summed E-state index contributed by atoms with van der Waals surface area (Å²) in [5.74, 6) is 0. The predicted molar refractivity (Wildman–Crippen MR) is 36.3 cm³/mol. The van der Waals surface area contributed by atoms with E-state index in [2.05, 4.69) is 14.8 Å². The quantitative estimate of drug-likeness (QED) is 0.538. The summed E-state index contributed by atoms with van der Waals surface area (Å²) >= 11 is 2.80. The zero-order valence-corrected chi connectivity index (χ0v) is 7.28. The van der Waals surface area contributed by atoms with Crippen molar-refractivity contribution in [1.82, 2.24) is 4.08 Å². The second-order valence-corrected chi connectivity index (χ2v) is 4.50. The minimum Gasteiger partial charge on any atom is -0.312 e. The highest BCUT2D eigenvalue weighted by atomic mass is 79.9. The van der Waals surface area contributed by atoms with Gasteiger partial charge in [-0.3, -0.25) is 0 Å². The van der Waals surface area contributed by atoms with Crippen LogP contribution in [-0.2, 0) is 4.57 Å². The average Bonchev–Trinajstić information content (AvgIpc) is 1.62. The highest BCUT2D eigenvalue weighted by Crippen LogP contribution is 2.45. The highest BCUT2D eigenvalue weighted by molar-refractivity contribution is 9.49. The van der Waals surface area contributed by atoms with Crippen molar-refractivity contribution in [1.29, 1.82) is 0 Å². The molecule has 0 aliphatic rings. The van der Waals surface area contributed by atoms with Gasteiger partial charge in [0, 0.05) is 32.2 Å². The summed E-state index contributed by atoms with van der Waals surface area (Å²) in [6, 6.07) is 0. The van der Waals surface area contributed by atoms with Crippen molar-refractivity contribution < 1.29 is 14.4 Å². The molecule has 50 valence electrons. The molecule has 0 bridgehead atoms. The molecule has 0 atom stereocenters. The van der Waals surface area contributed by atoms with Gasteiger partial charge in [-0.1, -0.05) is 0 Å². The molecule has 0 amide bonds. The summed E-state index contributed by atoms with van der Waals surface area (Å²) in [5.41, 5.74) is 0. The largest absolute Gasteiger partial charge is 0.413 e. The number of hydrogen-bond donors (Lipinski definition) is 2. The Kier molecular flexibility index (Phi) is 3.57. The van der Waals surface area contributed by atoms with Crippen LogP contribution in [-0.4, -0.2) is 20.9 Å². The number of hydrogen-bond acceptors (Lipinski definition) is 2. The van der Waals surface area contributed by atoms with Crippen molar-refractivity contribution in [3.8, 4) is 0 Å². The van der Waals surface area contributed by atoms with E-state index in [0.717, 1.165) is 14.5 Å². The summed E-state index contributed by atoms with van der Waals surface area (Å²) < 4.78 is 10.9. The van der Waals surface area contributed by atoms with Crippen LogP contribution in [0.15, 0.2) is 0 Å². The molecular weight excluding hydrogens is 217 g/mol. The predicted octanol–water partition coefficient (Wildman–Crippen LogP) is 0.969. The molecule has 0 aliphatic carbocycles. The van der Waals surface area contributed by atoms with Crippen LogP contribution in [0.25, 0.3) is 0 Å². The van der Waals surface area contributed by atoms with Crippen LogP contribution in [0.4, 0.5) is 0 Å². The van der Waals surface area contributed by atoms with Crippen molar-refractivity contribution in [3.05, 3.63) is 0 Å². The molecule has 0 aliphatic heterocycles. The molecule has 8 heavy (non-hydrogen) atoms. The molecule has 2 N–H and O–H groups in total. The Labute approximate surface area is 58.8 Å². The Morgan fingerprint density at radius 1 is 1.75 bits per heavy atom. The van der Waals surface area contributed by atoms with Crippen molar-refractivity contribution in [2.45, 2.75) is 0 Å². The first-order chi connectivity index (χ1) is 3.48. The van der Waals surface area contributed by atoms with Crippen molar-refractivity contribution >= 4 is 32.9 Å². The maximum Gasteiger partial charge on any atom is 0.413 e. The van der Waals surface area contributed by atoms with Gasteiger partial charge >= 0.3 is 7.75 Å². The van der Waals surface area contributed by atoms with Crippen molar-refractivity contribution in [2.24, 2.45) is 0 Å². The summed E-state index contributed by atoms with van der Waals surface area (Å²) in [7, 11) is -1.90. The van der Waals surface area contributed by atoms with Gasteiger partial charge in [-0.25, -0.2) is 4.57 Å². The van der Waals surface area contributed by atoms with Gasteiger partial charge in [0.2, 0.25) is 0 Å². The van der Waals surface area contributed by atoms with E-state index < -0.39 is 7.75 Å². The summed E-state index contributed by atoms with van der Waals surface area (Å²) in [6.45, 7) is 0. The monoisotopic (exact) mass is 221 g/mol. The topological polar surface area (TPSA) is 60.8 Å². The molecule has 0 heterocycles. The first kappa shape index (κ1) is 8.94. The third-order valence-electron chi connectivity index (χ3n) is 0.467. The molecule has 0 rings (SSSR count). The number of rotatable bonds is 2. The lowest BCUT2D eigenvalue weighted by molar-refractivity contribution is 0.338. The summed E-state index contributed by atoms with van der Waals surface area (Å²) in [5, 5.41) is 0. The molecule has 0 fully saturated rings. The Morgan fingerprint density at radius 2 is 2.12 bits per heavy atom. The molecule has 0 aromatic heterocycles. The fourth-order valence-corrected chi connectivity index (χ4v) is 1.88. The molecule has 4 nitrogen and oxygen atoms in total. The van der Waals surface area contributed by atoms with E-state index in [-0.39, 0.29) is 0 Å². The lowest BCUT2D eigenvalue weighted by Crippen LogP contribution is -2.00. The van der Waals surface area contributed by atoms with Gasteiger partial charge < -0.3 is 9.79 Å². The first-order valence-electron chi connectivity index (χ1n) is 1.57. The Hall–Kier alpha value is 0.940. The van der Waals surface area contributed by atoms with Gasteiger partial charge in [-0.2, -0.15) is 0 Å². The molecule has 0 saturated heterocycles. The fraction of sp³-hybridized carbons (Fsp3) is 1.00. The third kappa shape index (κ3) is 3.06. The van der Waals surface area contributed by atoms with Crippen LogP contribution in [0.2, 0.25) is 0 Å². The molecular formula is CH5BrNO3PS. The Bertz CT molecular complexity index is 114. The van der Waals surface area contributed by atoms with E-state index in [1.807, 2.05) is 0 Å². The average molecular weight is 222 g/mol. The zero-order valence-electron chi connectivity index (χ0n) is 3.98. The van der Waals surface area contributed by atoms with E-state index in [0.29, 0.717) is 0 Å². The molecule has 0 saturated carbocycles. The summed E-state index contributed by atoms with van der Waals surface area (Å²) in [6.07, 6.45) is 0. The minimum absolute atomic E-state index is 0.812. The lowest BCUT2D eigenvalue weighted by atomic mass is 11.6. The number of halogens is 1.